The van der Waals surface area contributed by atoms with E-state index in [9.17, 15) is 19.2 Å². The normalized spacial score (nSPS) is 12.5. The van der Waals surface area contributed by atoms with Crippen LogP contribution >= 0.6 is 0 Å². The zero-order valence-electron chi connectivity index (χ0n) is 38.2. The Balaban J connectivity index is 1.31. The maximum absolute atomic E-state index is 14.9. The minimum absolute atomic E-state index is 0.0779. The molecule has 66 heavy (non-hydrogen) atoms. The number of carbonyl (C=O) groups excluding carboxylic acids is 4. The van der Waals surface area contributed by atoms with Crippen LogP contribution in [-0.2, 0) is 0 Å². The minimum atomic E-state index is -0.414. The molecular formula is C50H54N12O4. The summed E-state index contributed by atoms with van der Waals surface area (Å²) in [6.07, 6.45) is 3.78. The summed E-state index contributed by atoms with van der Waals surface area (Å²) in [5.41, 5.74) is 2.45. The molecule has 0 unspecified atom stereocenters. The number of aromatic nitrogens is 6. The lowest BCUT2D eigenvalue weighted by Crippen LogP contribution is -2.26. The number of hydrogen-bond donors (Lipinski definition) is 4. The van der Waals surface area contributed by atoms with Crippen LogP contribution in [0.25, 0.3) is 11.1 Å². The second kappa shape index (κ2) is 19.6. The van der Waals surface area contributed by atoms with E-state index in [0.717, 1.165) is 25.7 Å². The lowest BCUT2D eigenvalue weighted by atomic mass is 9.75. The SMILES string of the molecule is CCCCNc1nc(Nc2ccc(-c3ccc(Nc4nc(NCCCC)nc(N(CC)CC)n4)c4c3C(=O)c3ccccc3C4=O)c3c2C(=O)c2ccccc2C3=O)nc(N(CC)CC)n1. The van der Waals surface area contributed by atoms with E-state index in [2.05, 4.69) is 55.1 Å². The fourth-order valence-electron chi connectivity index (χ4n) is 8.39. The zero-order chi connectivity index (χ0) is 46.5. The second-order valence-electron chi connectivity index (χ2n) is 15.9. The molecule has 2 aliphatic rings. The topological polar surface area (TPSA) is 200 Å². The Kier molecular flexibility index (Phi) is 13.4. The zero-order valence-corrected chi connectivity index (χ0v) is 38.2. The first kappa shape index (κ1) is 45.0. The molecule has 0 saturated heterocycles. The molecule has 6 aromatic rings. The number of rotatable bonds is 19. The van der Waals surface area contributed by atoms with Crippen molar-refractivity contribution in [3.63, 3.8) is 0 Å². The molecule has 0 radical (unpaired) electrons. The van der Waals surface area contributed by atoms with Crippen LogP contribution in [-0.4, -0.2) is 92.3 Å². The van der Waals surface area contributed by atoms with Gasteiger partial charge in [-0.3, -0.25) is 19.2 Å². The van der Waals surface area contributed by atoms with Gasteiger partial charge in [-0.25, -0.2) is 0 Å². The third-order valence-corrected chi connectivity index (χ3v) is 11.9. The molecule has 16 nitrogen and oxygen atoms in total. The van der Waals surface area contributed by atoms with E-state index in [0.29, 0.717) is 85.6 Å². The van der Waals surface area contributed by atoms with Crippen molar-refractivity contribution in [3.8, 4) is 11.1 Å². The van der Waals surface area contributed by atoms with E-state index >= 15 is 0 Å². The van der Waals surface area contributed by atoms with E-state index in [1.807, 2.05) is 37.5 Å². The van der Waals surface area contributed by atoms with Gasteiger partial charge >= 0.3 is 0 Å². The summed E-state index contributed by atoms with van der Waals surface area (Å²) in [4.78, 5) is 91.6. The van der Waals surface area contributed by atoms with Gasteiger partial charge in [0.05, 0.1) is 22.5 Å². The fourth-order valence-corrected chi connectivity index (χ4v) is 8.39. The van der Waals surface area contributed by atoms with Gasteiger partial charge in [0.15, 0.2) is 23.1 Å². The molecule has 2 aromatic heterocycles. The van der Waals surface area contributed by atoms with Gasteiger partial charge in [-0.05, 0) is 63.8 Å². The first-order valence-electron chi connectivity index (χ1n) is 22.9. The standard InChI is InChI=1S/C50H54N12O4/c1-7-13-27-51-45-55-47(59-49(57-45)61(9-3)10-4)53-35-25-23-29(37-39(35)43(65)33-21-17-15-19-31(33)41(37)63)30-24-26-36(40-38(30)42(64)32-20-16-18-22-34(32)44(40)66)54-48-56-46(52-28-14-8-2)58-50(60-48)62(11-5)12-6/h15-26H,7-14,27-28H2,1-6H3,(H2,51,53,55,57,59)(H2,52,54,56,58,60). The number of benzene rings is 4. The molecule has 0 fully saturated rings. The molecule has 16 heteroatoms. The Bertz CT molecular complexity index is 2660. The fraction of sp³-hybridized carbons (Fsp3) is 0.320. The highest BCUT2D eigenvalue weighted by Crippen LogP contribution is 2.44. The molecule has 0 spiro atoms. The Morgan fingerprint density at radius 2 is 0.727 bits per heavy atom. The number of fused-ring (bicyclic) bond motifs is 4. The van der Waals surface area contributed by atoms with Gasteiger partial charge in [-0.1, -0.05) is 87.4 Å². The van der Waals surface area contributed by atoms with Gasteiger partial charge < -0.3 is 31.1 Å². The minimum Gasteiger partial charge on any atom is -0.354 e. The molecule has 8 rings (SSSR count). The Morgan fingerprint density at radius 1 is 0.394 bits per heavy atom. The van der Waals surface area contributed by atoms with E-state index in [1.54, 1.807) is 72.8 Å². The molecule has 4 N–H and O–H groups in total. The van der Waals surface area contributed by atoms with Crippen molar-refractivity contribution in [2.45, 2.75) is 67.2 Å². The summed E-state index contributed by atoms with van der Waals surface area (Å²) in [7, 11) is 0. The van der Waals surface area contributed by atoms with Gasteiger partial charge in [0.2, 0.25) is 35.7 Å². The lowest BCUT2D eigenvalue weighted by molar-refractivity contribution is 0.0978. The van der Waals surface area contributed by atoms with E-state index < -0.39 is 23.1 Å². The van der Waals surface area contributed by atoms with Crippen LogP contribution < -0.4 is 31.1 Å². The molecule has 0 aliphatic heterocycles. The molecule has 0 saturated carbocycles. The van der Waals surface area contributed by atoms with Gasteiger partial charge in [-0.2, -0.15) is 29.9 Å². The summed E-state index contributed by atoms with van der Waals surface area (Å²) in [6.45, 7) is 16.2. The van der Waals surface area contributed by atoms with Crippen molar-refractivity contribution in [2.75, 3.05) is 70.3 Å². The van der Waals surface area contributed by atoms with Crippen LogP contribution in [0.15, 0.2) is 72.8 Å². The van der Waals surface area contributed by atoms with Gasteiger partial charge in [0.1, 0.15) is 0 Å². The van der Waals surface area contributed by atoms with Crippen LogP contribution in [0, 0.1) is 0 Å². The first-order chi connectivity index (χ1) is 32.1. The van der Waals surface area contributed by atoms with Gasteiger partial charge in [0, 0.05) is 72.6 Å². The van der Waals surface area contributed by atoms with Crippen molar-refractivity contribution >= 4 is 70.2 Å². The van der Waals surface area contributed by atoms with Gasteiger partial charge in [0.25, 0.3) is 0 Å². The Morgan fingerprint density at radius 3 is 1.06 bits per heavy atom. The van der Waals surface area contributed by atoms with Gasteiger partial charge in [-0.15, -0.1) is 0 Å². The maximum atomic E-state index is 14.9. The van der Waals surface area contributed by atoms with Crippen LogP contribution in [0.3, 0.4) is 0 Å². The molecule has 0 bridgehead atoms. The van der Waals surface area contributed by atoms with Crippen molar-refractivity contribution in [1.82, 2.24) is 29.9 Å². The van der Waals surface area contributed by atoms with Crippen LogP contribution in [0.5, 0.6) is 0 Å². The smallest absolute Gasteiger partial charge is 0.233 e. The van der Waals surface area contributed by atoms with Crippen molar-refractivity contribution in [1.29, 1.82) is 0 Å². The van der Waals surface area contributed by atoms with Crippen LogP contribution in [0.1, 0.15) is 131 Å². The lowest BCUT2D eigenvalue weighted by Gasteiger charge is -2.27. The number of anilines is 8. The third kappa shape index (κ3) is 8.53. The van der Waals surface area contributed by atoms with E-state index in [4.69, 9.17) is 9.97 Å². The molecule has 2 heterocycles. The number of nitrogens with one attached hydrogen (secondary N) is 4. The largest absolute Gasteiger partial charge is 0.354 e. The number of nitrogens with zero attached hydrogens (tertiary/aromatic N) is 8. The van der Waals surface area contributed by atoms with Crippen LogP contribution in [0.4, 0.5) is 47.1 Å². The van der Waals surface area contributed by atoms with E-state index in [1.165, 1.54) is 0 Å². The summed E-state index contributed by atoms with van der Waals surface area (Å²) in [5.74, 6) is 0.370. The Labute approximate surface area is 384 Å². The Hall–Kier alpha value is -7.62. The summed E-state index contributed by atoms with van der Waals surface area (Å²) in [6, 6.07) is 20.1. The molecule has 4 aromatic carbocycles. The highest BCUT2D eigenvalue weighted by Gasteiger charge is 2.39. The molecule has 2 aliphatic carbocycles. The van der Waals surface area contributed by atoms with Crippen LogP contribution in [0.2, 0.25) is 0 Å². The van der Waals surface area contributed by atoms with Crippen molar-refractivity contribution < 1.29 is 19.2 Å². The maximum Gasteiger partial charge on any atom is 0.233 e. The summed E-state index contributed by atoms with van der Waals surface area (Å²) < 4.78 is 0. The number of ketones is 4. The quantitative estimate of drug-likeness (QED) is 0.0561. The summed E-state index contributed by atoms with van der Waals surface area (Å²) >= 11 is 0. The van der Waals surface area contributed by atoms with Crippen molar-refractivity contribution in [3.05, 3.63) is 117 Å². The number of unbranched alkanes of at least 4 members (excludes halogenated alkanes) is 2. The molecule has 338 valence electrons. The highest BCUT2D eigenvalue weighted by molar-refractivity contribution is 6.35. The molecule has 0 amide bonds. The van der Waals surface area contributed by atoms with Crippen molar-refractivity contribution in [2.24, 2.45) is 0 Å². The number of hydrogen-bond acceptors (Lipinski definition) is 16. The number of carbonyl (C=O) groups is 4. The highest BCUT2D eigenvalue weighted by atomic mass is 16.1. The molecular weight excluding hydrogens is 833 g/mol. The second-order valence-corrected chi connectivity index (χ2v) is 15.9. The van der Waals surface area contributed by atoms with E-state index in [-0.39, 0.29) is 56.4 Å². The predicted octanol–water partition coefficient (Wildman–Crippen LogP) is 8.88. The summed E-state index contributed by atoms with van der Waals surface area (Å²) in [5, 5.41) is 13.1. The molecule has 0 atom stereocenters. The monoisotopic (exact) mass is 886 g/mol. The average Bonchev–Trinajstić information content (AvgIpc) is 3.33. The third-order valence-electron chi connectivity index (χ3n) is 11.9. The first-order valence-corrected chi connectivity index (χ1v) is 22.9. The average molecular weight is 887 g/mol. The predicted molar refractivity (Wildman–Crippen MR) is 259 cm³/mol.